The molecule has 41 heavy (non-hydrogen) atoms. The maximum atomic E-state index is 13.7. The van der Waals surface area contributed by atoms with Gasteiger partial charge in [0.05, 0.1) is 13.2 Å². The van der Waals surface area contributed by atoms with E-state index in [2.05, 4.69) is 4.98 Å². The lowest BCUT2D eigenvalue weighted by Gasteiger charge is -2.43. The Kier molecular flexibility index (Phi) is 9.03. The van der Waals surface area contributed by atoms with E-state index >= 15 is 0 Å². The highest BCUT2D eigenvalue weighted by atomic mass is 16.5. The second kappa shape index (κ2) is 12.8. The zero-order valence-corrected chi connectivity index (χ0v) is 23.1. The average molecular weight is 557 g/mol. The zero-order valence-electron chi connectivity index (χ0n) is 23.1. The van der Waals surface area contributed by atoms with E-state index in [1.165, 1.54) is 18.0 Å². The van der Waals surface area contributed by atoms with Gasteiger partial charge in [0.1, 0.15) is 25.0 Å². The lowest BCUT2D eigenvalue weighted by Crippen LogP contribution is -2.54. The first-order chi connectivity index (χ1) is 19.7. The van der Waals surface area contributed by atoms with Gasteiger partial charge in [-0.2, -0.15) is 0 Å². The molecule has 3 aromatic carbocycles. The van der Waals surface area contributed by atoms with Crippen LogP contribution in [0.4, 0.5) is 5.69 Å². The number of benzene rings is 3. The molecule has 1 amide bonds. The molecule has 0 aliphatic heterocycles. The molecular weight excluding hydrogens is 524 g/mol. The Morgan fingerprint density at radius 3 is 2.00 bits per heavy atom. The number of aryl methyl sites for hydroxylation is 1. The van der Waals surface area contributed by atoms with Crippen molar-refractivity contribution in [2.75, 3.05) is 18.6 Å². The number of anilines is 1. The number of aromatic nitrogens is 2. The number of nitrogens with one attached hydrogen (secondary N) is 1. The largest absolute Gasteiger partial charge is 0.497 e. The Morgan fingerprint density at radius 1 is 0.927 bits per heavy atom. The van der Waals surface area contributed by atoms with E-state index in [0.717, 1.165) is 21.4 Å². The fraction of sp³-hybridized carbons (Fsp3) is 0.226. The molecule has 1 unspecified atom stereocenters. The summed E-state index contributed by atoms with van der Waals surface area (Å²) in [5, 5.41) is 9.83. The highest BCUT2D eigenvalue weighted by molar-refractivity contribution is 5.82. The molecule has 1 aromatic heterocycles. The minimum absolute atomic E-state index is 0.253. The van der Waals surface area contributed by atoms with Crippen molar-refractivity contribution in [1.82, 2.24) is 14.5 Å². The number of aromatic amines is 1. The minimum atomic E-state index is -1.21. The molecule has 0 radical (unpaired) electrons. The van der Waals surface area contributed by atoms with Gasteiger partial charge in [-0.3, -0.25) is 23.9 Å². The number of amides is 1. The molecule has 0 fully saturated rings. The smallest absolute Gasteiger partial charge is 0.328 e. The molecule has 0 saturated carbocycles. The first-order valence-corrected chi connectivity index (χ1v) is 13.0. The number of rotatable bonds is 11. The summed E-state index contributed by atoms with van der Waals surface area (Å²) in [5.41, 5.74) is 1.52. The molecule has 0 bridgehead atoms. The van der Waals surface area contributed by atoms with Crippen LogP contribution in [0.5, 0.6) is 5.75 Å². The Balaban J connectivity index is 1.85. The lowest BCUT2D eigenvalue weighted by atomic mass is 9.95. The van der Waals surface area contributed by atoms with Crippen LogP contribution in [-0.4, -0.2) is 51.3 Å². The van der Waals surface area contributed by atoms with E-state index in [9.17, 15) is 24.3 Å². The molecule has 0 spiro atoms. The molecule has 2 N–H and O–H groups in total. The van der Waals surface area contributed by atoms with Crippen LogP contribution in [0, 0.1) is 6.92 Å². The van der Waals surface area contributed by atoms with Crippen LogP contribution in [0.15, 0.2) is 101 Å². The van der Waals surface area contributed by atoms with Gasteiger partial charge in [-0.1, -0.05) is 60.7 Å². The third-order valence-corrected chi connectivity index (χ3v) is 6.85. The molecule has 10 nitrogen and oxygen atoms in total. The van der Waals surface area contributed by atoms with Gasteiger partial charge in [-0.25, -0.2) is 4.79 Å². The van der Waals surface area contributed by atoms with Crippen LogP contribution < -0.4 is 20.9 Å². The van der Waals surface area contributed by atoms with Gasteiger partial charge in [0.25, 0.3) is 5.56 Å². The van der Waals surface area contributed by atoms with Gasteiger partial charge in [-0.15, -0.1) is 0 Å². The molecule has 0 aliphatic carbocycles. The van der Waals surface area contributed by atoms with Crippen LogP contribution >= 0.6 is 0 Å². The van der Waals surface area contributed by atoms with Gasteiger partial charge < -0.3 is 19.6 Å². The van der Waals surface area contributed by atoms with Crippen LogP contribution in [0.25, 0.3) is 0 Å². The summed E-state index contributed by atoms with van der Waals surface area (Å²) in [7, 11) is 1.57. The van der Waals surface area contributed by atoms with E-state index in [1.54, 1.807) is 26.2 Å². The number of carboxylic acids is 1. The molecule has 4 aromatic rings. The number of nitrogens with zero attached hydrogens (tertiary/aromatic N) is 3. The van der Waals surface area contributed by atoms with Gasteiger partial charge in [0.2, 0.25) is 5.91 Å². The molecule has 212 valence electrons. The lowest BCUT2D eigenvalue weighted by molar-refractivity contribution is -0.146. The average Bonchev–Trinajstić information content (AvgIpc) is 2.98. The van der Waals surface area contributed by atoms with Gasteiger partial charge in [0, 0.05) is 17.4 Å². The van der Waals surface area contributed by atoms with E-state index in [4.69, 9.17) is 4.74 Å². The molecule has 1 atom stereocenters. The summed E-state index contributed by atoms with van der Waals surface area (Å²) in [5.74, 6) is -1.17. The predicted molar refractivity (Wildman–Crippen MR) is 155 cm³/mol. The predicted octanol–water partition coefficient (Wildman–Crippen LogP) is 3.41. The number of aliphatic carboxylic acids is 1. The quantitative estimate of drug-likeness (QED) is 0.271. The molecular formula is C31H32N4O6. The minimum Gasteiger partial charge on any atom is -0.497 e. The molecule has 10 heteroatoms. The summed E-state index contributed by atoms with van der Waals surface area (Å²) in [4.78, 5) is 55.4. The topological polar surface area (TPSA) is 125 Å². The standard InChI is InChI=1S/C31H32N4O6/c1-21-18-33(31(40)32-30(21)39)19-27(36)34(20-28(37)38)22(2)35(25-14-16-26(41-3)17-15-25)29(23-10-6-4-7-11-23)24-12-8-5-9-13-24/h4-18,22,29H,19-20H2,1-3H3,(H,37,38)(H,32,39,40). The van der Waals surface area contributed by atoms with Crippen LogP contribution in [-0.2, 0) is 16.1 Å². The van der Waals surface area contributed by atoms with Crippen molar-refractivity contribution >= 4 is 17.6 Å². The molecule has 4 rings (SSSR count). The normalized spacial score (nSPS) is 11.6. The van der Waals surface area contributed by atoms with Crippen molar-refractivity contribution in [1.29, 1.82) is 0 Å². The van der Waals surface area contributed by atoms with Crippen molar-refractivity contribution < 1.29 is 19.4 Å². The Morgan fingerprint density at radius 2 is 1.49 bits per heavy atom. The molecule has 0 saturated heterocycles. The third-order valence-electron chi connectivity index (χ3n) is 6.85. The van der Waals surface area contributed by atoms with E-state index in [1.807, 2.05) is 77.7 Å². The Bertz CT molecular complexity index is 1560. The SMILES string of the molecule is COc1ccc(N(C(c2ccccc2)c2ccccc2)C(C)N(CC(=O)O)C(=O)Cn2cc(C)c(=O)[nH]c2=O)cc1. The van der Waals surface area contributed by atoms with Crippen molar-refractivity contribution in [2.24, 2.45) is 0 Å². The number of carbonyl (C=O) groups is 2. The summed E-state index contributed by atoms with van der Waals surface area (Å²) >= 11 is 0. The number of carboxylic acid groups (broad SMARTS) is 1. The number of H-pyrrole nitrogens is 1. The van der Waals surface area contributed by atoms with Gasteiger partial charge >= 0.3 is 11.7 Å². The fourth-order valence-corrected chi connectivity index (χ4v) is 4.82. The van der Waals surface area contributed by atoms with Gasteiger partial charge in [-0.05, 0) is 49.2 Å². The monoisotopic (exact) mass is 556 g/mol. The van der Waals surface area contributed by atoms with Crippen LogP contribution in [0.3, 0.4) is 0 Å². The number of ether oxygens (including phenoxy) is 1. The van der Waals surface area contributed by atoms with Gasteiger partial charge in [0.15, 0.2) is 0 Å². The van der Waals surface area contributed by atoms with Crippen LogP contribution in [0.1, 0.15) is 29.7 Å². The molecule has 0 aliphatic rings. The molecule has 1 heterocycles. The highest BCUT2D eigenvalue weighted by Gasteiger charge is 2.34. The van der Waals surface area contributed by atoms with Crippen molar-refractivity contribution in [3.8, 4) is 5.75 Å². The number of methoxy groups -OCH3 is 1. The second-order valence-corrected chi connectivity index (χ2v) is 9.58. The van der Waals surface area contributed by atoms with Crippen LogP contribution in [0.2, 0.25) is 0 Å². The second-order valence-electron chi connectivity index (χ2n) is 9.58. The fourth-order valence-electron chi connectivity index (χ4n) is 4.82. The van der Waals surface area contributed by atoms with Crippen molar-refractivity contribution in [3.05, 3.63) is 129 Å². The zero-order chi connectivity index (χ0) is 29.5. The van der Waals surface area contributed by atoms with E-state index in [0.29, 0.717) is 5.75 Å². The first kappa shape index (κ1) is 28.9. The summed E-state index contributed by atoms with van der Waals surface area (Å²) in [6, 6.07) is 26.3. The van der Waals surface area contributed by atoms with Crippen molar-refractivity contribution in [3.63, 3.8) is 0 Å². The Labute approximate surface area is 237 Å². The number of hydrogen-bond donors (Lipinski definition) is 2. The number of carbonyl (C=O) groups excluding carboxylic acids is 1. The van der Waals surface area contributed by atoms with E-state index < -0.39 is 48.4 Å². The van der Waals surface area contributed by atoms with E-state index in [-0.39, 0.29) is 5.56 Å². The number of hydrogen-bond acceptors (Lipinski definition) is 6. The summed E-state index contributed by atoms with van der Waals surface area (Å²) in [6.07, 6.45) is 0.498. The van der Waals surface area contributed by atoms with Crippen molar-refractivity contribution in [2.45, 2.75) is 32.6 Å². The summed E-state index contributed by atoms with van der Waals surface area (Å²) in [6.45, 7) is 2.21. The maximum absolute atomic E-state index is 13.7. The Hall–Kier alpha value is -5.12. The first-order valence-electron chi connectivity index (χ1n) is 13.0. The highest BCUT2D eigenvalue weighted by Crippen LogP contribution is 2.36. The summed E-state index contributed by atoms with van der Waals surface area (Å²) < 4.78 is 6.43. The third kappa shape index (κ3) is 6.73. The maximum Gasteiger partial charge on any atom is 0.328 e.